The Morgan fingerprint density at radius 2 is 1.79 bits per heavy atom. The fraction of sp³-hybridized carbons (Fsp3) is 0.500. The van der Waals surface area contributed by atoms with Crippen molar-refractivity contribution in [3.05, 3.63) is 24.3 Å². The van der Waals surface area contributed by atoms with Crippen LogP contribution in [0.15, 0.2) is 24.3 Å². The van der Waals surface area contributed by atoms with Crippen LogP contribution in [0.5, 0.6) is 5.75 Å². The second-order valence-electron chi connectivity index (χ2n) is 5.39. The SMILES string of the molecule is O=C(CSCC(=O)N1CCCCC1)Nc1ccc(OC(F)F)cc1. The molecule has 1 aliphatic heterocycles. The van der Waals surface area contributed by atoms with Crippen LogP contribution in [-0.2, 0) is 9.59 Å². The Hall–Kier alpha value is -1.83. The number of rotatable bonds is 7. The quantitative estimate of drug-likeness (QED) is 0.814. The van der Waals surface area contributed by atoms with E-state index in [4.69, 9.17) is 0 Å². The fourth-order valence-electron chi connectivity index (χ4n) is 2.38. The molecule has 0 unspecified atom stereocenters. The van der Waals surface area contributed by atoms with E-state index in [9.17, 15) is 18.4 Å². The number of halogens is 2. The maximum absolute atomic E-state index is 12.0. The first kappa shape index (κ1) is 18.5. The van der Waals surface area contributed by atoms with Crippen molar-refractivity contribution in [1.82, 2.24) is 4.90 Å². The first-order valence-electron chi connectivity index (χ1n) is 7.75. The molecule has 2 rings (SSSR count). The predicted octanol–water partition coefficient (Wildman–Crippen LogP) is 2.97. The number of alkyl halides is 2. The number of carbonyl (C=O) groups is 2. The summed E-state index contributed by atoms with van der Waals surface area (Å²) in [7, 11) is 0. The third-order valence-corrected chi connectivity index (χ3v) is 4.45. The molecule has 2 amide bonds. The minimum Gasteiger partial charge on any atom is -0.435 e. The summed E-state index contributed by atoms with van der Waals surface area (Å²) in [6, 6.07) is 5.68. The fourth-order valence-corrected chi connectivity index (χ4v) is 3.10. The van der Waals surface area contributed by atoms with E-state index in [1.807, 2.05) is 4.90 Å². The number of benzene rings is 1. The summed E-state index contributed by atoms with van der Waals surface area (Å²) in [5, 5.41) is 2.65. The van der Waals surface area contributed by atoms with Crippen molar-refractivity contribution in [2.24, 2.45) is 0 Å². The first-order chi connectivity index (χ1) is 11.5. The Morgan fingerprint density at radius 3 is 2.42 bits per heavy atom. The van der Waals surface area contributed by atoms with Crippen LogP contribution >= 0.6 is 11.8 Å². The summed E-state index contributed by atoms with van der Waals surface area (Å²) in [5.41, 5.74) is 0.490. The van der Waals surface area contributed by atoms with Crippen molar-refractivity contribution >= 4 is 29.3 Å². The Kier molecular flexibility index (Phi) is 7.30. The van der Waals surface area contributed by atoms with E-state index in [0.717, 1.165) is 25.9 Å². The topological polar surface area (TPSA) is 58.6 Å². The summed E-state index contributed by atoms with van der Waals surface area (Å²) >= 11 is 1.27. The normalized spacial score (nSPS) is 14.5. The van der Waals surface area contributed by atoms with Gasteiger partial charge in [-0.2, -0.15) is 8.78 Å². The van der Waals surface area contributed by atoms with Crippen LogP contribution in [0.1, 0.15) is 19.3 Å². The summed E-state index contributed by atoms with van der Waals surface area (Å²) in [6.45, 7) is -1.27. The van der Waals surface area contributed by atoms with Crippen molar-refractivity contribution < 1.29 is 23.1 Å². The second-order valence-corrected chi connectivity index (χ2v) is 6.37. The van der Waals surface area contributed by atoms with Crippen LogP contribution in [0.3, 0.4) is 0 Å². The lowest BCUT2D eigenvalue weighted by atomic mass is 10.1. The summed E-state index contributed by atoms with van der Waals surface area (Å²) < 4.78 is 28.3. The number of amides is 2. The summed E-state index contributed by atoms with van der Waals surface area (Å²) in [5.74, 6) is 0.308. The third kappa shape index (κ3) is 6.35. The van der Waals surface area contributed by atoms with E-state index >= 15 is 0 Å². The van der Waals surface area contributed by atoms with Crippen molar-refractivity contribution in [2.45, 2.75) is 25.9 Å². The molecule has 1 heterocycles. The van der Waals surface area contributed by atoms with E-state index < -0.39 is 6.61 Å². The molecule has 1 aliphatic rings. The van der Waals surface area contributed by atoms with Crippen molar-refractivity contribution in [1.29, 1.82) is 0 Å². The lowest BCUT2D eigenvalue weighted by Gasteiger charge is -2.26. The van der Waals surface area contributed by atoms with Crippen LogP contribution in [0, 0.1) is 0 Å². The molecular formula is C16H20F2N2O3S. The number of hydrogen-bond donors (Lipinski definition) is 1. The highest BCUT2D eigenvalue weighted by molar-refractivity contribution is 8.00. The number of hydrogen-bond acceptors (Lipinski definition) is 4. The highest BCUT2D eigenvalue weighted by atomic mass is 32.2. The third-order valence-electron chi connectivity index (χ3n) is 3.53. The summed E-state index contributed by atoms with van der Waals surface area (Å²) in [4.78, 5) is 25.6. The largest absolute Gasteiger partial charge is 0.435 e. The molecule has 1 fully saturated rings. The lowest BCUT2D eigenvalue weighted by molar-refractivity contribution is -0.129. The van der Waals surface area contributed by atoms with Gasteiger partial charge in [-0.1, -0.05) is 0 Å². The molecule has 0 atom stereocenters. The number of thioether (sulfide) groups is 1. The maximum Gasteiger partial charge on any atom is 0.387 e. The molecule has 0 aromatic heterocycles. The van der Waals surface area contributed by atoms with Gasteiger partial charge in [-0.25, -0.2) is 0 Å². The minimum atomic E-state index is -2.88. The van der Waals surface area contributed by atoms with Crippen LogP contribution in [0.4, 0.5) is 14.5 Å². The first-order valence-corrected chi connectivity index (χ1v) is 8.90. The van der Waals surface area contributed by atoms with Gasteiger partial charge in [0.1, 0.15) is 5.75 Å². The average molecular weight is 358 g/mol. The molecule has 0 aliphatic carbocycles. The highest BCUT2D eigenvalue weighted by Crippen LogP contribution is 2.18. The molecule has 1 aromatic rings. The number of anilines is 1. The number of nitrogens with zero attached hydrogens (tertiary/aromatic N) is 1. The maximum atomic E-state index is 12.0. The van der Waals surface area contributed by atoms with Gasteiger partial charge in [0.15, 0.2) is 0 Å². The van der Waals surface area contributed by atoms with E-state index in [1.165, 1.54) is 42.4 Å². The molecule has 132 valence electrons. The van der Waals surface area contributed by atoms with E-state index in [-0.39, 0.29) is 29.1 Å². The number of carbonyl (C=O) groups excluding carboxylic acids is 2. The van der Waals surface area contributed by atoms with Gasteiger partial charge in [-0.15, -0.1) is 11.8 Å². The Balaban J connectivity index is 1.68. The second kappa shape index (κ2) is 9.46. The van der Waals surface area contributed by atoms with Gasteiger partial charge in [-0.3, -0.25) is 9.59 Å². The Bertz CT molecular complexity index is 549. The minimum absolute atomic E-state index is 0.0319. The molecular weight excluding hydrogens is 338 g/mol. The van der Waals surface area contributed by atoms with Gasteiger partial charge in [0.25, 0.3) is 0 Å². The van der Waals surface area contributed by atoms with Crippen molar-refractivity contribution in [3.8, 4) is 5.75 Å². The standard InChI is InChI=1S/C16H20F2N2O3S/c17-16(18)23-13-6-4-12(5-7-13)19-14(21)10-24-11-15(22)20-8-2-1-3-9-20/h4-7,16H,1-3,8-11H2,(H,19,21). The van der Waals surface area contributed by atoms with Gasteiger partial charge < -0.3 is 15.0 Å². The van der Waals surface area contributed by atoms with Crippen molar-refractivity contribution in [3.63, 3.8) is 0 Å². The molecule has 1 saturated heterocycles. The molecule has 0 radical (unpaired) electrons. The number of nitrogens with one attached hydrogen (secondary N) is 1. The predicted molar refractivity (Wildman–Crippen MR) is 89.5 cm³/mol. The monoisotopic (exact) mass is 358 g/mol. The number of piperidine rings is 1. The van der Waals surface area contributed by atoms with E-state index in [0.29, 0.717) is 5.69 Å². The van der Waals surface area contributed by atoms with E-state index in [1.54, 1.807) is 0 Å². The molecule has 24 heavy (non-hydrogen) atoms. The molecule has 0 saturated carbocycles. The summed E-state index contributed by atoms with van der Waals surface area (Å²) in [6.07, 6.45) is 3.25. The van der Waals surface area contributed by atoms with Gasteiger partial charge >= 0.3 is 6.61 Å². The van der Waals surface area contributed by atoms with E-state index in [2.05, 4.69) is 10.1 Å². The Labute approximate surface area is 143 Å². The molecule has 0 spiro atoms. The highest BCUT2D eigenvalue weighted by Gasteiger charge is 2.16. The van der Waals surface area contributed by atoms with Crippen LogP contribution in [-0.4, -0.2) is 47.9 Å². The molecule has 0 bridgehead atoms. The molecule has 8 heteroatoms. The van der Waals surface area contributed by atoms with Crippen LogP contribution < -0.4 is 10.1 Å². The number of likely N-dealkylation sites (tertiary alicyclic amines) is 1. The Morgan fingerprint density at radius 1 is 1.12 bits per heavy atom. The molecule has 5 nitrogen and oxygen atoms in total. The van der Waals surface area contributed by atoms with Gasteiger partial charge in [0.2, 0.25) is 11.8 Å². The smallest absolute Gasteiger partial charge is 0.387 e. The molecule has 1 N–H and O–H groups in total. The lowest BCUT2D eigenvalue weighted by Crippen LogP contribution is -2.37. The average Bonchev–Trinajstić information content (AvgIpc) is 2.57. The van der Waals surface area contributed by atoms with Crippen LogP contribution in [0.25, 0.3) is 0 Å². The molecule has 1 aromatic carbocycles. The van der Waals surface area contributed by atoms with Gasteiger partial charge in [0, 0.05) is 18.8 Å². The van der Waals surface area contributed by atoms with Gasteiger partial charge in [0.05, 0.1) is 11.5 Å². The van der Waals surface area contributed by atoms with Gasteiger partial charge in [-0.05, 0) is 43.5 Å². The zero-order valence-electron chi connectivity index (χ0n) is 13.2. The zero-order chi connectivity index (χ0) is 17.4. The number of ether oxygens (including phenoxy) is 1. The van der Waals surface area contributed by atoms with Crippen molar-refractivity contribution in [2.75, 3.05) is 29.9 Å². The zero-order valence-corrected chi connectivity index (χ0v) is 14.0. The van der Waals surface area contributed by atoms with Crippen LogP contribution in [0.2, 0.25) is 0 Å².